The highest BCUT2D eigenvalue weighted by Gasteiger charge is 2.32. The molecule has 2 aromatic heterocycles. The molecule has 3 rings (SSSR count). The number of hydrogen-bond donors (Lipinski definition) is 0. The van der Waals surface area contributed by atoms with Crippen LogP contribution in [0, 0.1) is 12.3 Å². The van der Waals surface area contributed by atoms with Crippen LogP contribution in [-0.4, -0.2) is 36.5 Å². The van der Waals surface area contributed by atoms with E-state index in [1.54, 1.807) is 12.1 Å². The number of amides is 1. The van der Waals surface area contributed by atoms with Crippen molar-refractivity contribution in [3.63, 3.8) is 0 Å². The Hall–Kier alpha value is -2.57. The van der Waals surface area contributed by atoms with Crippen LogP contribution in [-0.2, 0) is 36.8 Å². The van der Waals surface area contributed by atoms with Gasteiger partial charge in [-0.1, -0.05) is 46.8 Å². The van der Waals surface area contributed by atoms with Gasteiger partial charge in [0.05, 0.1) is 30.8 Å². The molecule has 1 amide bonds. The molecule has 35 heavy (non-hydrogen) atoms. The lowest BCUT2D eigenvalue weighted by atomic mass is 9.90. The molecule has 2 aromatic rings. The van der Waals surface area contributed by atoms with Gasteiger partial charge >= 0.3 is 11.9 Å². The molecular weight excluding hydrogens is 535 g/mol. The molecule has 0 saturated heterocycles. The van der Waals surface area contributed by atoms with Crippen molar-refractivity contribution in [2.45, 2.75) is 38.6 Å². The molecular formula is C24H21Cl3N2O5S. The van der Waals surface area contributed by atoms with Gasteiger partial charge in [-0.2, -0.15) is 0 Å². The zero-order valence-corrected chi connectivity index (χ0v) is 21.8. The number of halogens is 3. The maximum atomic E-state index is 13.9. The van der Waals surface area contributed by atoms with Crippen molar-refractivity contribution in [1.29, 1.82) is 0 Å². The van der Waals surface area contributed by atoms with Crippen molar-refractivity contribution in [2.24, 2.45) is 0 Å². The predicted molar refractivity (Wildman–Crippen MR) is 136 cm³/mol. The summed E-state index contributed by atoms with van der Waals surface area (Å²) < 4.78 is 10.1. The first-order valence-electron chi connectivity index (χ1n) is 10.5. The van der Waals surface area contributed by atoms with Crippen LogP contribution in [0.5, 0.6) is 0 Å². The second-order valence-electron chi connectivity index (χ2n) is 7.54. The summed E-state index contributed by atoms with van der Waals surface area (Å²) in [6.07, 6.45) is 8.87. The average Bonchev–Trinajstić information content (AvgIpc) is 3.13. The minimum absolute atomic E-state index is 0.0486. The van der Waals surface area contributed by atoms with Crippen LogP contribution < -0.4 is 4.90 Å². The highest BCUT2D eigenvalue weighted by atomic mass is 35.5. The molecule has 1 aliphatic carbocycles. The van der Waals surface area contributed by atoms with Crippen LogP contribution in [0.3, 0.4) is 0 Å². The van der Waals surface area contributed by atoms with E-state index in [9.17, 15) is 14.4 Å². The number of rotatable bonds is 8. The first-order valence-corrected chi connectivity index (χ1v) is 12.5. The Balaban J connectivity index is 2.08. The van der Waals surface area contributed by atoms with Crippen LogP contribution in [0.4, 0.5) is 5.69 Å². The van der Waals surface area contributed by atoms with Crippen molar-refractivity contribution >= 4 is 69.7 Å². The van der Waals surface area contributed by atoms with Gasteiger partial charge < -0.3 is 14.4 Å². The van der Waals surface area contributed by atoms with E-state index in [0.29, 0.717) is 34.0 Å². The number of aromatic nitrogens is 1. The van der Waals surface area contributed by atoms with Crippen molar-refractivity contribution in [2.75, 3.05) is 18.6 Å². The number of terminal acetylenes is 1. The normalized spacial score (nSPS) is 13.2. The van der Waals surface area contributed by atoms with E-state index in [-0.39, 0.29) is 40.2 Å². The van der Waals surface area contributed by atoms with Crippen molar-refractivity contribution in [1.82, 2.24) is 4.98 Å². The first kappa shape index (κ1) is 27.0. The van der Waals surface area contributed by atoms with Crippen LogP contribution in [0.1, 0.15) is 36.1 Å². The number of pyridine rings is 1. The Bertz CT molecular complexity index is 1200. The quantitative estimate of drug-likeness (QED) is 0.246. The summed E-state index contributed by atoms with van der Waals surface area (Å²) in [6, 6.07) is 3.32. The third-order valence-corrected chi connectivity index (χ3v) is 7.41. The van der Waals surface area contributed by atoms with Crippen LogP contribution in [0.25, 0.3) is 0 Å². The van der Waals surface area contributed by atoms with Crippen LogP contribution >= 0.6 is 46.1 Å². The molecule has 0 unspecified atom stereocenters. The van der Waals surface area contributed by atoms with E-state index >= 15 is 0 Å². The Morgan fingerprint density at radius 1 is 1.17 bits per heavy atom. The Kier molecular flexibility index (Phi) is 9.58. The summed E-state index contributed by atoms with van der Waals surface area (Å²) in [7, 11) is 1.27. The summed E-state index contributed by atoms with van der Waals surface area (Å²) in [4.78, 5) is 44.3. The van der Waals surface area contributed by atoms with Crippen LogP contribution in [0.2, 0.25) is 14.5 Å². The largest absolute Gasteiger partial charge is 0.469 e. The summed E-state index contributed by atoms with van der Waals surface area (Å²) in [5.41, 5.74) is 1.50. The lowest BCUT2D eigenvalue weighted by Gasteiger charge is -2.27. The monoisotopic (exact) mass is 554 g/mol. The minimum atomic E-state index is -0.618. The second kappa shape index (κ2) is 12.4. The summed E-state index contributed by atoms with van der Waals surface area (Å²) in [5, 5.41) is 0.459. The molecule has 7 nitrogen and oxygen atoms in total. The Morgan fingerprint density at radius 2 is 1.89 bits per heavy atom. The van der Waals surface area contributed by atoms with Crippen molar-refractivity contribution in [3.8, 4) is 12.3 Å². The number of anilines is 1. The van der Waals surface area contributed by atoms with Gasteiger partial charge in [-0.25, -0.2) is 9.78 Å². The van der Waals surface area contributed by atoms with E-state index < -0.39 is 17.8 Å². The van der Waals surface area contributed by atoms with Gasteiger partial charge in [0.15, 0.2) is 6.61 Å². The molecule has 0 N–H and O–H groups in total. The minimum Gasteiger partial charge on any atom is -0.469 e. The van der Waals surface area contributed by atoms with Gasteiger partial charge in [0.25, 0.3) is 5.91 Å². The summed E-state index contributed by atoms with van der Waals surface area (Å²) in [6.45, 7) is -0.143. The third-order valence-electron chi connectivity index (χ3n) is 5.29. The number of thiophene rings is 1. The number of methoxy groups -OCH3 is 1. The molecule has 184 valence electrons. The maximum Gasteiger partial charge on any atom is 0.335 e. The predicted octanol–water partition coefficient (Wildman–Crippen LogP) is 5.40. The lowest BCUT2D eigenvalue weighted by molar-refractivity contribution is -0.140. The SMILES string of the molecule is C#CCOC(=O)C1=C(C(=O)N(Cc2ccc(Cl)nc2)c2c(Cl)sc(CC(=O)OC)c2Cl)CCCC1. The molecule has 0 radical (unpaired) electrons. The van der Waals surface area contributed by atoms with E-state index in [0.717, 1.165) is 24.2 Å². The average molecular weight is 556 g/mol. The number of hydrogen-bond acceptors (Lipinski definition) is 7. The molecule has 2 heterocycles. The van der Waals surface area contributed by atoms with E-state index in [1.807, 2.05) is 0 Å². The fraction of sp³-hybridized carbons (Fsp3) is 0.333. The van der Waals surface area contributed by atoms with Gasteiger partial charge in [0, 0.05) is 22.2 Å². The van der Waals surface area contributed by atoms with Gasteiger partial charge in [0.1, 0.15) is 9.49 Å². The topological polar surface area (TPSA) is 85.8 Å². The molecule has 0 spiro atoms. The van der Waals surface area contributed by atoms with E-state index in [2.05, 4.69) is 10.9 Å². The number of carbonyl (C=O) groups excluding carboxylic acids is 3. The number of carbonyl (C=O) groups is 3. The van der Waals surface area contributed by atoms with Gasteiger partial charge in [-0.3, -0.25) is 9.59 Å². The van der Waals surface area contributed by atoms with E-state index in [4.69, 9.17) is 50.7 Å². The van der Waals surface area contributed by atoms with Crippen LogP contribution in [0.15, 0.2) is 29.5 Å². The summed E-state index contributed by atoms with van der Waals surface area (Å²) >= 11 is 20.2. The van der Waals surface area contributed by atoms with Crippen molar-refractivity contribution in [3.05, 3.63) is 54.4 Å². The smallest absolute Gasteiger partial charge is 0.335 e. The molecule has 0 bridgehead atoms. The first-order chi connectivity index (χ1) is 16.8. The highest BCUT2D eigenvalue weighted by molar-refractivity contribution is 7.17. The maximum absolute atomic E-state index is 13.9. The summed E-state index contributed by atoms with van der Waals surface area (Å²) in [5.74, 6) is 0.697. The second-order valence-corrected chi connectivity index (χ2v) is 10.0. The van der Waals surface area contributed by atoms with Gasteiger partial charge in [-0.05, 0) is 37.3 Å². The Morgan fingerprint density at radius 3 is 2.51 bits per heavy atom. The van der Waals surface area contributed by atoms with Gasteiger partial charge in [-0.15, -0.1) is 17.8 Å². The standard InChI is InChI=1S/C24H21Cl3N2O5S/c1-3-10-34-24(32)16-7-5-4-6-15(16)23(31)29(13-14-8-9-18(25)28-12-14)21-20(26)17(35-22(21)27)11-19(30)33-2/h1,8-9,12H,4-7,10-11,13H2,2H3. The zero-order chi connectivity index (χ0) is 25.5. The fourth-order valence-electron chi connectivity index (χ4n) is 3.62. The van der Waals surface area contributed by atoms with Crippen molar-refractivity contribution < 1.29 is 23.9 Å². The number of ether oxygens (including phenoxy) is 2. The number of esters is 2. The molecule has 11 heteroatoms. The zero-order valence-electron chi connectivity index (χ0n) is 18.7. The highest BCUT2D eigenvalue weighted by Crippen LogP contribution is 2.45. The third kappa shape index (κ3) is 6.56. The number of nitrogens with zero attached hydrogens (tertiary/aromatic N) is 2. The lowest BCUT2D eigenvalue weighted by Crippen LogP contribution is -2.34. The molecule has 0 aromatic carbocycles. The molecule has 1 aliphatic rings. The van der Waals surface area contributed by atoms with Gasteiger partial charge in [0.2, 0.25) is 0 Å². The molecule has 0 fully saturated rings. The van der Waals surface area contributed by atoms with E-state index in [1.165, 1.54) is 18.2 Å². The molecule has 0 atom stereocenters. The fourth-order valence-corrected chi connectivity index (χ4v) is 5.59. The Labute approximate surface area is 222 Å². The molecule has 0 aliphatic heterocycles. The molecule has 0 saturated carbocycles.